The van der Waals surface area contributed by atoms with Crippen LogP contribution in [0.1, 0.15) is 77.2 Å². The maximum atomic E-state index is 13.9. The molecule has 2 aromatic heterocycles. The lowest BCUT2D eigenvalue weighted by molar-refractivity contribution is -0.123. The molecule has 0 fully saturated rings. The number of rotatable bonds is 7. The molecule has 0 bridgehead atoms. The van der Waals surface area contributed by atoms with Crippen molar-refractivity contribution < 1.29 is 14.4 Å². The molecule has 0 radical (unpaired) electrons. The van der Waals surface area contributed by atoms with Crippen molar-refractivity contribution in [3.63, 3.8) is 0 Å². The SMILES string of the molecule is CC(C)c1ccc(N(C(=O)c2snc(C(N)=O)c2N)[C@H](C(=O)NC(C)(C)C)c2cccs2)cc1. The monoisotopic (exact) mass is 499 g/mol. The number of primary amides is 1. The van der Waals surface area contributed by atoms with Crippen LogP contribution in [0.15, 0.2) is 41.8 Å². The molecule has 0 saturated heterocycles. The molecule has 3 amide bonds. The molecule has 34 heavy (non-hydrogen) atoms. The highest BCUT2D eigenvalue weighted by atomic mass is 32.1. The molecule has 2 heterocycles. The van der Waals surface area contributed by atoms with E-state index in [1.165, 1.54) is 16.2 Å². The average Bonchev–Trinajstić information content (AvgIpc) is 3.40. The molecule has 8 nitrogen and oxygen atoms in total. The van der Waals surface area contributed by atoms with Gasteiger partial charge in [-0.3, -0.25) is 19.3 Å². The first-order chi connectivity index (χ1) is 15.9. The van der Waals surface area contributed by atoms with Crippen molar-refractivity contribution >= 4 is 52.0 Å². The summed E-state index contributed by atoms with van der Waals surface area (Å²) < 4.78 is 3.97. The van der Waals surface area contributed by atoms with E-state index in [-0.39, 0.29) is 22.2 Å². The van der Waals surface area contributed by atoms with Crippen LogP contribution in [0.3, 0.4) is 0 Å². The number of nitrogens with zero attached hydrogens (tertiary/aromatic N) is 2. The van der Waals surface area contributed by atoms with E-state index in [0.29, 0.717) is 16.5 Å². The van der Waals surface area contributed by atoms with Crippen LogP contribution in [-0.2, 0) is 4.79 Å². The van der Waals surface area contributed by atoms with E-state index in [4.69, 9.17) is 11.5 Å². The predicted octanol–water partition coefficient (Wildman–Crippen LogP) is 4.31. The number of nitrogens with two attached hydrogens (primary N) is 2. The summed E-state index contributed by atoms with van der Waals surface area (Å²) in [6.07, 6.45) is 0. The van der Waals surface area contributed by atoms with E-state index in [0.717, 1.165) is 17.1 Å². The second-order valence-corrected chi connectivity index (χ2v) is 11.0. The maximum Gasteiger partial charge on any atom is 0.273 e. The van der Waals surface area contributed by atoms with Crippen LogP contribution < -0.4 is 21.7 Å². The van der Waals surface area contributed by atoms with Crippen LogP contribution in [0.4, 0.5) is 11.4 Å². The Hall–Kier alpha value is -3.24. The van der Waals surface area contributed by atoms with E-state index in [9.17, 15) is 14.4 Å². The maximum absolute atomic E-state index is 13.9. The fourth-order valence-corrected chi connectivity index (χ4v) is 4.96. The molecule has 0 spiro atoms. The Kier molecular flexibility index (Phi) is 7.42. The minimum Gasteiger partial charge on any atom is -0.395 e. The number of amides is 3. The third-order valence-electron chi connectivity index (χ3n) is 5.03. The molecule has 5 N–H and O–H groups in total. The quantitative estimate of drug-likeness (QED) is 0.446. The van der Waals surface area contributed by atoms with Crippen LogP contribution in [0.2, 0.25) is 0 Å². The van der Waals surface area contributed by atoms with Crippen molar-refractivity contribution in [2.75, 3.05) is 10.6 Å². The number of nitrogens with one attached hydrogen (secondary N) is 1. The van der Waals surface area contributed by atoms with Gasteiger partial charge in [-0.15, -0.1) is 11.3 Å². The Morgan fingerprint density at radius 3 is 2.21 bits per heavy atom. The van der Waals surface area contributed by atoms with Gasteiger partial charge < -0.3 is 16.8 Å². The Labute approximate surface area is 207 Å². The summed E-state index contributed by atoms with van der Waals surface area (Å²) in [6, 6.07) is 10.2. The Morgan fingerprint density at radius 2 is 1.74 bits per heavy atom. The molecule has 0 unspecified atom stereocenters. The second kappa shape index (κ2) is 9.94. The lowest BCUT2D eigenvalue weighted by atomic mass is 10.0. The highest BCUT2D eigenvalue weighted by molar-refractivity contribution is 7.10. The Bertz CT molecular complexity index is 1180. The van der Waals surface area contributed by atoms with Gasteiger partial charge in [0.05, 0.1) is 5.69 Å². The van der Waals surface area contributed by atoms with Crippen molar-refractivity contribution in [2.24, 2.45) is 5.73 Å². The van der Waals surface area contributed by atoms with E-state index in [2.05, 4.69) is 23.5 Å². The number of anilines is 2. The average molecular weight is 500 g/mol. The van der Waals surface area contributed by atoms with E-state index < -0.39 is 23.4 Å². The fraction of sp³-hybridized carbons (Fsp3) is 0.333. The number of aromatic nitrogens is 1. The van der Waals surface area contributed by atoms with Gasteiger partial charge in [0.15, 0.2) is 11.7 Å². The van der Waals surface area contributed by atoms with Crippen LogP contribution in [-0.4, -0.2) is 27.6 Å². The van der Waals surface area contributed by atoms with Gasteiger partial charge in [0.1, 0.15) is 4.88 Å². The van der Waals surface area contributed by atoms with Gasteiger partial charge in [0, 0.05) is 16.1 Å². The summed E-state index contributed by atoms with van der Waals surface area (Å²) >= 11 is 2.16. The van der Waals surface area contributed by atoms with Crippen molar-refractivity contribution in [1.82, 2.24) is 9.69 Å². The van der Waals surface area contributed by atoms with Crippen molar-refractivity contribution in [1.29, 1.82) is 0 Å². The molecule has 0 aliphatic heterocycles. The molecule has 1 aromatic carbocycles. The lowest BCUT2D eigenvalue weighted by Gasteiger charge is -2.33. The molecule has 180 valence electrons. The fourth-order valence-electron chi connectivity index (χ4n) is 3.40. The molecular weight excluding hydrogens is 470 g/mol. The summed E-state index contributed by atoms with van der Waals surface area (Å²) in [4.78, 5) is 41.3. The summed E-state index contributed by atoms with van der Waals surface area (Å²) in [5, 5.41) is 4.84. The number of benzene rings is 1. The third kappa shape index (κ3) is 5.45. The first kappa shape index (κ1) is 25.4. The third-order valence-corrected chi connectivity index (χ3v) is 6.81. The molecule has 1 atom stereocenters. The van der Waals surface area contributed by atoms with Gasteiger partial charge in [-0.1, -0.05) is 32.0 Å². The summed E-state index contributed by atoms with van der Waals surface area (Å²) in [7, 11) is 0. The number of carbonyl (C=O) groups is 3. The molecule has 0 aliphatic carbocycles. The zero-order chi connectivity index (χ0) is 25.2. The molecule has 0 aliphatic rings. The zero-order valence-corrected chi connectivity index (χ0v) is 21.4. The standard InChI is InChI=1S/C24H29N5O3S2/c1-13(2)14-8-10-15(11-9-14)29(23(32)20-17(25)18(21(26)30)28-34-20)19(16-7-6-12-33-16)22(31)27-24(3,4)5/h6-13,19H,25H2,1-5H3,(H2,26,30)(H,27,31)/t19-/m0/s1. The minimum absolute atomic E-state index is 0.0480. The molecule has 0 saturated carbocycles. The Morgan fingerprint density at radius 1 is 1.09 bits per heavy atom. The second-order valence-electron chi connectivity index (χ2n) is 9.22. The highest BCUT2D eigenvalue weighted by Crippen LogP contribution is 2.35. The highest BCUT2D eigenvalue weighted by Gasteiger charge is 2.37. The molecule has 3 rings (SSSR count). The van der Waals surface area contributed by atoms with Gasteiger partial charge in [0.2, 0.25) is 5.91 Å². The number of hydrogen-bond acceptors (Lipinski definition) is 7. The largest absolute Gasteiger partial charge is 0.395 e. The molecular formula is C24H29N5O3S2. The van der Waals surface area contributed by atoms with Crippen LogP contribution >= 0.6 is 22.9 Å². The van der Waals surface area contributed by atoms with Crippen molar-refractivity contribution in [3.8, 4) is 0 Å². The first-order valence-electron chi connectivity index (χ1n) is 10.7. The summed E-state index contributed by atoms with van der Waals surface area (Å²) in [6.45, 7) is 9.78. The number of carbonyl (C=O) groups excluding carboxylic acids is 3. The molecule has 10 heteroatoms. The van der Waals surface area contributed by atoms with E-state index in [1.54, 1.807) is 0 Å². The van der Waals surface area contributed by atoms with Gasteiger partial charge in [-0.2, -0.15) is 4.37 Å². The lowest BCUT2D eigenvalue weighted by Crippen LogP contribution is -2.49. The minimum atomic E-state index is -0.963. The number of thiophene rings is 1. The van der Waals surface area contributed by atoms with Crippen LogP contribution in [0, 0.1) is 0 Å². The van der Waals surface area contributed by atoms with Gasteiger partial charge >= 0.3 is 0 Å². The topological polar surface area (TPSA) is 131 Å². The zero-order valence-electron chi connectivity index (χ0n) is 19.8. The van der Waals surface area contributed by atoms with Crippen LogP contribution in [0.25, 0.3) is 0 Å². The predicted molar refractivity (Wildman–Crippen MR) is 137 cm³/mol. The summed E-state index contributed by atoms with van der Waals surface area (Å²) in [5.41, 5.74) is 12.3. The van der Waals surface area contributed by atoms with Gasteiger partial charge in [0.25, 0.3) is 11.8 Å². The number of nitrogen functional groups attached to an aromatic ring is 1. The van der Waals surface area contributed by atoms with E-state index >= 15 is 0 Å². The van der Waals surface area contributed by atoms with Crippen LogP contribution in [0.5, 0.6) is 0 Å². The van der Waals surface area contributed by atoms with Crippen molar-refractivity contribution in [3.05, 3.63) is 62.8 Å². The van der Waals surface area contributed by atoms with Gasteiger partial charge in [-0.25, -0.2) is 0 Å². The molecule has 3 aromatic rings. The Balaban J connectivity index is 2.19. The number of hydrogen-bond donors (Lipinski definition) is 3. The van der Waals surface area contributed by atoms with Crippen molar-refractivity contribution in [2.45, 2.75) is 52.1 Å². The first-order valence-corrected chi connectivity index (χ1v) is 12.4. The van der Waals surface area contributed by atoms with Gasteiger partial charge in [-0.05, 0) is 67.4 Å². The summed E-state index contributed by atoms with van der Waals surface area (Å²) in [5.74, 6) is -1.40. The van der Waals surface area contributed by atoms with E-state index in [1.807, 2.05) is 62.5 Å². The smallest absolute Gasteiger partial charge is 0.273 e. The normalized spacial score (nSPS) is 12.4.